The number of nitriles is 1. The molecular formula is C16H8ClN3O6S. The average Bonchev–Trinajstić information content (AvgIpc) is 3.04. The lowest BCUT2D eigenvalue weighted by Crippen LogP contribution is -2.14. The van der Waals surface area contributed by atoms with Gasteiger partial charge in [-0.3, -0.25) is 4.79 Å². The third-order valence-electron chi connectivity index (χ3n) is 3.56. The lowest BCUT2D eigenvalue weighted by molar-refractivity contribution is 0.0698. The highest BCUT2D eigenvalue weighted by Gasteiger charge is 2.22. The Morgan fingerprint density at radius 2 is 1.96 bits per heavy atom. The lowest BCUT2D eigenvalue weighted by Gasteiger charge is -2.07. The molecule has 0 radical (unpaired) electrons. The monoisotopic (exact) mass is 405 g/mol. The fourth-order valence-electron chi connectivity index (χ4n) is 2.31. The molecule has 9 nitrogen and oxygen atoms in total. The van der Waals surface area contributed by atoms with Gasteiger partial charge in [0.2, 0.25) is 5.76 Å². The summed E-state index contributed by atoms with van der Waals surface area (Å²) in [5, 5.41) is 24.2. The van der Waals surface area contributed by atoms with Gasteiger partial charge >= 0.3 is 5.97 Å². The van der Waals surface area contributed by atoms with Crippen molar-refractivity contribution in [2.24, 2.45) is 0 Å². The molecule has 1 heterocycles. The smallest absolute Gasteiger partial charge is 0.337 e. The van der Waals surface area contributed by atoms with Crippen LogP contribution in [0, 0.1) is 11.3 Å². The van der Waals surface area contributed by atoms with Crippen LogP contribution in [0.3, 0.4) is 0 Å². The number of amides is 1. The highest BCUT2D eigenvalue weighted by atomic mass is 35.7. The number of carboxylic acid groups (broad SMARTS) is 1. The number of benzene rings is 2. The van der Waals surface area contributed by atoms with Crippen LogP contribution in [-0.4, -0.2) is 30.6 Å². The van der Waals surface area contributed by atoms with E-state index < -0.39 is 20.9 Å². The Balaban J connectivity index is 2.03. The minimum absolute atomic E-state index is 0.0721. The molecule has 0 atom stereocenters. The summed E-state index contributed by atoms with van der Waals surface area (Å²) in [6.45, 7) is 0. The van der Waals surface area contributed by atoms with E-state index in [1.165, 1.54) is 24.3 Å². The van der Waals surface area contributed by atoms with Crippen molar-refractivity contribution in [3.63, 3.8) is 0 Å². The van der Waals surface area contributed by atoms with Crippen LogP contribution < -0.4 is 5.32 Å². The van der Waals surface area contributed by atoms with E-state index in [2.05, 4.69) is 10.5 Å². The predicted molar refractivity (Wildman–Crippen MR) is 93.1 cm³/mol. The van der Waals surface area contributed by atoms with Gasteiger partial charge < -0.3 is 14.9 Å². The van der Waals surface area contributed by atoms with E-state index in [-0.39, 0.29) is 38.4 Å². The van der Waals surface area contributed by atoms with Crippen molar-refractivity contribution in [1.29, 1.82) is 5.26 Å². The Morgan fingerprint density at radius 1 is 1.22 bits per heavy atom. The summed E-state index contributed by atoms with van der Waals surface area (Å²) < 4.78 is 27.9. The predicted octanol–water partition coefficient (Wildman–Crippen LogP) is 2.58. The van der Waals surface area contributed by atoms with Crippen LogP contribution >= 0.6 is 10.7 Å². The van der Waals surface area contributed by atoms with Crippen LogP contribution in [0.4, 0.5) is 5.69 Å². The summed E-state index contributed by atoms with van der Waals surface area (Å²) in [5.41, 5.74) is -0.0533. The number of aromatic nitrogens is 1. The van der Waals surface area contributed by atoms with E-state index in [1.807, 2.05) is 0 Å². The number of fused-ring (bicyclic) bond motifs is 1. The number of carbonyl (C=O) groups is 2. The molecule has 3 aromatic rings. The van der Waals surface area contributed by atoms with Crippen LogP contribution in [0.2, 0.25) is 0 Å². The fourth-order valence-corrected chi connectivity index (χ4v) is 3.09. The Morgan fingerprint density at radius 3 is 2.59 bits per heavy atom. The zero-order valence-electron chi connectivity index (χ0n) is 13.1. The minimum atomic E-state index is -4.04. The first-order valence-corrected chi connectivity index (χ1v) is 9.44. The van der Waals surface area contributed by atoms with Gasteiger partial charge in [0.15, 0.2) is 0 Å². The number of carbonyl (C=O) groups excluding carboxylic acids is 1. The third kappa shape index (κ3) is 3.59. The summed E-state index contributed by atoms with van der Waals surface area (Å²) in [4.78, 5) is 23.6. The average molecular weight is 406 g/mol. The first-order valence-electron chi connectivity index (χ1n) is 7.13. The summed E-state index contributed by atoms with van der Waals surface area (Å²) in [5.74, 6) is -2.53. The van der Waals surface area contributed by atoms with Crippen molar-refractivity contribution >= 4 is 48.2 Å². The molecule has 3 rings (SSSR count). The number of rotatable bonds is 4. The van der Waals surface area contributed by atoms with E-state index in [0.29, 0.717) is 0 Å². The van der Waals surface area contributed by atoms with E-state index in [4.69, 9.17) is 20.5 Å². The van der Waals surface area contributed by atoms with Crippen molar-refractivity contribution in [3.05, 3.63) is 53.3 Å². The molecule has 1 amide bonds. The van der Waals surface area contributed by atoms with Gasteiger partial charge in [0, 0.05) is 10.7 Å². The molecule has 1 aromatic heterocycles. The molecule has 0 aliphatic heterocycles. The van der Waals surface area contributed by atoms with Gasteiger partial charge in [-0.2, -0.15) is 5.26 Å². The molecule has 0 unspecified atom stereocenters. The molecule has 0 bridgehead atoms. The minimum Gasteiger partial charge on any atom is -0.478 e. The molecule has 2 N–H and O–H groups in total. The van der Waals surface area contributed by atoms with E-state index in [9.17, 15) is 23.1 Å². The zero-order valence-corrected chi connectivity index (χ0v) is 14.7. The molecule has 0 spiro atoms. The number of anilines is 1. The second-order valence-corrected chi connectivity index (χ2v) is 7.83. The Labute approximate surface area is 156 Å². The number of halogens is 1. The van der Waals surface area contributed by atoms with E-state index in [0.717, 1.165) is 12.1 Å². The van der Waals surface area contributed by atoms with E-state index >= 15 is 0 Å². The summed E-state index contributed by atoms with van der Waals surface area (Å²) in [6, 6.07) is 9.14. The summed E-state index contributed by atoms with van der Waals surface area (Å²) in [6.07, 6.45) is 0. The molecular weight excluding hydrogens is 398 g/mol. The second-order valence-electron chi connectivity index (χ2n) is 5.26. The number of hydrogen-bond acceptors (Lipinski definition) is 7. The third-order valence-corrected chi connectivity index (χ3v) is 4.91. The number of aromatic carboxylic acids is 1. The SMILES string of the molecule is N#Cc1ccc(NC(=O)c2onc3ccc(S(=O)(=O)Cl)cc23)c(C(=O)O)c1. The Bertz CT molecular complexity index is 1240. The topological polar surface area (TPSA) is 150 Å². The number of carboxylic acids is 1. The molecule has 0 saturated carbocycles. The summed E-state index contributed by atoms with van der Waals surface area (Å²) >= 11 is 0. The van der Waals surface area contributed by atoms with Gasteiger partial charge in [-0.05, 0) is 36.4 Å². The molecule has 0 saturated heterocycles. The normalized spacial score (nSPS) is 11.1. The van der Waals surface area contributed by atoms with Gasteiger partial charge in [-0.15, -0.1) is 0 Å². The lowest BCUT2D eigenvalue weighted by atomic mass is 10.1. The maximum absolute atomic E-state index is 12.5. The highest BCUT2D eigenvalue weighted by molar-refractivity contribution is 8.13. The first-order chi connectivity index (χ1) is 12.7. The van der Waals surface area contributed by atoms with E-state index in [1.54, 1.807) is 6.07 Å². The van der Waals surface area contributed by atoms with Crippen molar-refractivity contribution in [3.8, 4) is 6.07 Å². The molecule has 2 aromatic carbocycles. The Kier molecular flexibility index (Phi) is 4.57. The van der Waals surface area contributed by atoms with Gasteiger partial charge in [0.1, 0.15) is 5.52 Å². The number of hydrogen-bond donors (Lipinski definition) is 2. The highest BCUT2D eigenvalue weighted by Crippen LogP contribution is 2.26. The second kappa shape index (κ2) is 6.71. The van der Waals surface area contributed by atoms with Crippen molar-refractivity contribution in [2.45, 2.75) is 4.90 Å². The first kappa shape index (κ1) is 18.4. The zero-order chi connectivity index (χ0) is 19.8. The fraction of sp³-hybridized carbons (Fsp3) is 0. The van der Waals surface area contributed by atoms with Crippen LogP contribution in [0.1, 0.15) is 26.5 Å². The largest absolute Gasteiger partial charge is 0.478 e. The summed E-state index contributed by atoms with van der Waals surface area (Å²) in [7, 11) is 1.26. The van der Waals surface area contributed by atoms with Crippen molar-refractivity contribution in [1.82, 2.24) is 5.16 Å². The van der Waals surface area contributed by atoms with Crippen LogP contribution in [0.5, 0.6) is 0 Å². The van der Waals surface area contributed by atoms with Gasteiger partial charge in [0.05, 0.1) is 33.2 Å². The molecule has 0 aliphatic rings. The van der Waals surface area contributed by atoms with Gasteiger partial charge in [-0.25, -0.2) is 13.2 Å². The van der Waals surface area contributed by atoms with Crippen LogP contribution in [0.15, 0.2) is 45.8 Å². The van der Waals surface area contributed by atoms with Crippen LogP contribution in [0.25, 0.3) is 10.9 Å². The molecule has 136 valence electrons. The maximum atomic E-state index is 12.5. The van der Waals surface area contributed by atoms with Crippen LogP contribution in [-0.2, 0) is 9.05 Å². The maximum Gasteiger partial charge on any atom is 0.337 e. The number of nitrogens with zero attached hydrogens (tertiary/aromatic N) is 2. The molecule has 0 fully saturated rings. The molecule has 27 heavy (non-hydrogen) atoms. The number of nitrogens with one attached hydrogen (secondary N) is 1. The van der Waals surface area contributed by atoms with Crippen molar-refractivity contribution in [2.75, 3.05) is 5.32 Å². The van der Waals surface area contributed by atoms with Crippen molar-refractivity contribution < 1.29 is 27.6 Å². The molecule has 0 aliphatic carbocycles. The Hall–Kier alpha value is -3.42. The van der Waals surface area contributed by atoms with Gasteiger partial charge in [-0.1, -0.05) is 5.16 Å². The molecule has 11 heteroatoms. The van der Waals surface area contributed by atoms with Gasteiger partial charge in [0.25, 0.3) is 15.0 Å². The standard InChI is InChI=1S/C16H8ClN3O6S/c17-27(24,25)9-2-4-13-10(6-9)14(26-20-13)15(21)19-12-3-1-8(7-18)5-11(12)16(22)23/h1-6H,(H,19,21)(H,22,23). The quantitative estimate of drug-likeness (QED) is 0.628.